The Kier molecular flexibility index (Phi) is 3.01. The van der Waals surface area contributed by atoms with E-state index in [2.05, 4.69) is 6.92 Å². The van der Waals surface area contributed by atoms with Crippen LogP contribution in [0.3, 0.4) is 0 Å². The Morgan fingerprint density at radius 3 is 3.07 bits per heavy atom. The van der Waals surface area contributed by atoms with Crippen molar-refractivity contribution in [2.75, 3.05) is 6.61 Å². The first-order chi connectivity index (χ1) is 7.12. The number of rotatable bonds is 2. The Balaban J connectivity index is 2.04. The predicted molar refractivity (Wildman–Crippen MR) is 56.5 cm³/mol. The van der Waals surface area contributed by atoms with Crippen LogP contribution in [-0.4, -0.2) is 24.8 Å². The summed E-state index contributed by atoms with van der Waals surface area (Å²) < 4.78 is 11.1. The van der Waals surface area contributed by atoms with Crippen molar-refractivity contribution >= 4 is 5.97 Å². The minimum Gasteiger partial charge on any atom is -0.465 e. The van der Waals surface area contributed by atoms with Crippen LogP contribution in [0.2, 0.25) is 0 Å². The molecule has 1 saturated heterocycles. The van der Waals surface area contributed by atoms with Crippen molar-refractivity contribution in [1.82, 2.24) is 0 Å². The SMILES string of the molecule is CC(=O)OC[C@]12CCCC[C@H]1OC(C)C2. The molecular weight excluding hydrogens is 192 g/mol. The molecule has 1 heterocycles. The van der Waals surface area contributed by atoms with Crippen molar-refractivity contribution in [3.05, 3.63) is 0 Å². The van der Waals surface area contributed by atoms with Gasteiger partial charge in [-0.1, -0.05) is 12.8 Å². The van der Waals surface area contributed by atoms with E-state index in [9.17, 15) is 4.79 Å². The maximum absolute atomic E-state index is 10.9. The molecule has 1 saturated carbocycles. The van der Waals surface area contributed by atoms with Gasteiger partial charge >= 0.3 is 5.97 Å². The fourth-order valence-electron chi connectivity index (χ4n) is 3.09. The lowest BCUT2D eigenvalue weighted by atomic mass is 9.71. The Labute approximate surface area is 91.1 Å². The summed E-state index contributed by atoms with van der Waals surface area (Å²) in [6, 6.07) is 0. The molecule has 0 bridgehead atoms. The van der Waals surface area contributed by atoms with E-state index in [-0.39, 0.29) is 11.4 Å². The highest BCUT2D eigenvalue weighted by molar-refractivity contribution is 5.65. The zero-order valence-electron chi connectivity index (χ0n) is 9.62. The van der Waals surface area contributed by atoms with Crippen LogP contribution >= 0.6 is 0 Å². The van der Waals surface area contributed by atoms with Gasteiger partial charge in [0, 0.05) is 12.3 Å². The topological polar surface area (TPSA) is 35.5 Å². The summed E-state index contributed by atoms with van der Waals surface area (Å²) in [5.74, 6) is -0.173. The highest BCUT2D eigenvalue weighted by atomic mass is 16.5. The quantitative estimate of drug-likeness (QED) is 0.659. The predicted octanol–water partition coefficient (Wildman–Crippen LogP) is 2.29. The van der Waals surface area contributed by atoms with Gasteiger partial charge in [-0.3, -0.25) is 4.79 Å². The van der Waals surface area contributed by atoms with Crippen LogP contribution in [0.25, 0.3) is 0 Å². The van der Waals surface area contributed by atoms with Crippen molar-refractivity contribution in [3.8, 4) is 0 Å². The first kappa shape index (κ1) is 10.9. The van der Waals surface area contributed by atoms with Crippen LogP contribution < -0.4 is 0 Å². The van der Waals surface area contributed by atoms with Gasteiger partial charge in [-0.15, -0.1) is 0 Å². The maximum atomic E-state index is 10.9. The first-order valence-corrected chi connectivity index (χ1v) is 5.91. The molecule has 3 heteroatoms. The average Bonchev–Trinajstić information content (AvgIpc) is 2.51. The molecule has 2 aliphatic rings. The fraction of sp³-hybridized carbons (Fsp3) is 0.917. The number of hydrogen-bond acceptors (Lipinski definition) is 3. The summed E-state index contributed by atoms with van der Waals surface area (Å²) in [5, 5.41) is 0. The molecule has 0 N–H and O–H groups in total. The second kappa shape index (κ2) is 4.12. The minimum atomic E-state index is -0.173. The number of carbonyl (C=O) groups excluding carboxylic acids is 1. The number of hydrogen-bond donors (Lipinski definition) is 0. The molecule has 0 aromatic carbocycles. The van der Waals surface area contributed by atoms with Crippen molar-refractivity contribution in [1.29, 1.82) is 0 Å². The lowest BCUT2D eigenvalue weighted by molar-refractivity contribution is -0.147. The van der Waals surface area contributed by atoms with Crippen LogP contribution in [0.5, 0.6) is 0 Å². The third-order valence-corrected chi connectivity index (χ3v) is 3.73. The van der Waals surface area contributed by atoms with E-state index in [4.69, 9.17) is 9.47 Å². The van der Waals surface area contributed by atoms with Gasteiger partial charge in [-0.2, -0.15) is 0 Å². The Hall–Kier alpha value is -0.570. The normalized spacial score (nSPS) is 39.9. The number of carbonyl (C=O) groups is 1. The van der Waals surface area contributed by atoms with Crippen molar-refractivity contribution in [2.45, 2.75) is 58.2 Å². The maximum Gasteiger partial charge on any atom is 0.302 e. The molecular formula is C12H20O3. The van der Waals surface area contributed by atoms with E-state index in [1.54, 1.807) is 0 Å². The lowest BCUT2D eigenvalue weighted by Gasteiger charge is -2.37. The Morgan fingerprint density at radius 2 is 2.33 bits per heavy atom. The second-order valence-corrected chi connectivity index (χ2v) is 5.03. The van der Waals surface area contributed by atoms with E-state index in [1.807, 2.05) is 0 Å². The third kappa shape index (κ3) is 2.17. The summed E-state index contributed by atoms with van der Waals surface area (Å²) in [6.45, 7) is 4.15. The molecule has 0 spiro atoms. The van der Waals surface area contributed by atoms with Gasteiger partial charge in [-0.25, -0.2) is 0 Å². The summed E-state index contributed by atoms with van der Waals surface area (Å²) in [4.78, 5) is 10.9. The minimum absolute atomic E-state index is 0.128. The summed E-state index contributed by atoms with van der Waals surface area (Å²) in [6.07, 6.45) is 6.46. The molecule has 0 radical (unpaired) electrons. The van der Waals surface area contributed by atoms with Crippen molar-refractivity contribution in [3.63, 3.8) is 0 Å². The molecule has 1 aliphatic heterocycles. The van der Waals surface area contributed by atoms with Gasteiger partial charge in [-0.05, 0) is 26.2 Å². The third-order valence-electron chi connectivity index (χ3n) is 3.73. The van der Waals surface area contributed by atoms with Crippen LogP contribution in [0.1, 0.15) is 46.0 Å². The van der Waals surface area contributed by atoms with Gasteiger partial charge in [0.25, 0.3) is 0 Å². The number of esters is 1. The molecule has 15 heavy (non-hydrogen) atoms. The molecule has 1 aliphatic carbocycles. The molecule has 3 atom stereocenters. The molecule has 2 rings (SSSR count). The van der Waals surface area contributed by atoms with E-state index >= 15 is 0 Å². The van der Waals surface area contributed by atoms with Gasteiger partial charge in [0.2, 0.25) is 0 Å². The molecule has 3 nitrogen and oxygen atoms in total. The Bertz CT molecular complexity index is 251. The first-order valence-electron chi connectivity index (χ1n) is 5.91. The highest BCUT2D eigenvalue weighted by Crippen LogP contribution is 2.48. The van der Waals surface area contributed by atoms with Crippen LogP contribution in [0.15, 0.2) is 0 Å². The molecule has 0 aromatic rings. The summed E-state index contributed by atoms with van der Waals surface area (Å²) in [5.41, 5.74) is 0.128. The second-order valence-electron chi connectivity index (χ2n) is 5.03. The molecule has 86 valence electrons. The molecule has 1 unspecified atom stereocenters. The molecule has 0 amide bonds. The van der Waals surface area contributed by atoms with Crippen molar-refractivity contribution < 1.29 is 14.3 Å². The average molecular weight is 212 g/mol. The zero-order chi connectivity index (χ0) is 10.9. The largest absolute Gasteiger partial charge is 0.465 e. The summed E-state index contributed by atoms with van der Waals surface area (Å²) >= 11 is 0. The fourth-order valence-corrected chi connectivity index (χ4v) is 3.09. The molecule has 2 fully saturated rings. The lowest BCUT2D eigenvalue weighted by Crippen LogP contribution is -2.38. The van der Waals surface area contributed by atoms with Crippen LogP contribution in [0.4, 0.5) is 0 Å². The number of ether oxygens (including phenoxy) is 2. The van der Waals surface area contributed by atoms with Crippen molar-refractivity contribution in [2.24, 2.45) is 5.41 Å². The van der Waals surface area contributed by atoms with Gasteiger partial charge < -0.3 is 9.47 Å². The standard InChI is InChI=1S/C12H20O3/c1-9-7-12(8-14-10(2)13)6-4-3-5-11(12)15-9/h9,11H,3-8H2,1-2H3/t9?,11-,12-/m1/s1. The number of fused-ring (bicyclic) bond motifs is 1. The van der Waals surface area contributed by atoms with E-state index in [1.165, 1.54) is 19.8 Å². The molecule has 0 aromatic heterocycles. The van der Waals surface area contributed by atoms with E-state index < -0.39 is 0 Å². The van der Waals surface area contributed by atoms with Gasteiger partial charge in [0.15, 0.2) is 0 Å². The van der Waals surface area contributed by atoms with Gasteiger partial charge in [0.1, 0.15) is 0 Å². The van der Waals surface area contributed by atoms with E-state index in [0.29, 0.717) is 18.8 Å². The highest BCUT2D eigenvalue weighted by Gasteiger charge is 2.48. The van der Waals surface area contributed by atoms with E-state index in [0.717, 1.165) is 19.3 Å². The zero-order valence-corrected chi connectivity index (χ0v) is 9.62. The van der Waals surface area contributed by atoms with Crippen LogP contribution in [-0.2, 0) is 14.3 Å². The Morgan fingerprint density at radius 1 is 1.53 bits per heavy atom. The smallest absolute Gasteiger partial charge is 0.302 e. The van der Waals surface area contributed by atoms with Crippen LogP contribution in [0, 0.1) is 5.41 Å². The monoisotopic (exact) mass is 212 g/mol. The summed E-state index contributed by atoms with van der Waals surface area (Å²) in [7, 11) is 0. The van der Waals surface area contributed by atoms with Gasteiger partial charge in [0.05, 0.1) is 18.8 Å².